The topological polar surface area (TPSA) is 150 Å². The van der Waals surface area contributed by atoms with Crippen molar-refractivity contribution in [1.82, 2.24) is 20.6 Å². The van der Waals surface area contributed by atoms with Gasteiger partial charge in [0.1, 0.15) is 12.1 Å². The summed E-state index contributed by atoms with van der Waals surface area (Å²) in [6.45, 7) is 5.05. The van der Waals surface area contributed by atoms with Gasteiger partial charge in [-0.3, -0.25) is 9.59 Å². The van der Waals surface area contributed by atoms with Crippen LogP contribution in [0.5, 0.6) is 0 Å². The van der Waals surface area contributed by atoms with Crippen molar-refractivity contribution in [3.63, 3.8) is 0 Å². The van der Waals surface area contributed by atoms with Gasteiger partial charge in [0.05, 0.1) is 12.4 Å². The molecule has 9 nitrogen and oxygen atoms in total. The molecule has 0 spiro atoms. The highest BCUT2D eigenvalue weighted by Crippen LogP contribution is 2.01. The number of carboxylic acids is 1. The summed E-state index contributed by atoms with van der Waals surface area (Å²) in [6, 6.07) is -2.75. The second-order valence-electron chi connectivity index (χ2n) is 5.68. The summed E-state index contributed by atoms with van der Waals surface area (Å²) in [5.74, 6) is -2.30. The average molecular weight is 325 g/mol. The van der Waals surface area contributed by atoms with Gasteiger partial charge in [-0.2, -0.15) is 0 Å². The predicted molar refractivity (Wildman–Crippen MR) is 82.3 cm³/mol. The van der Waals surface area contributed by atoms with E-state index in [0.717, 1.165) is 0 Å². The lowest BCUT2D eigenvalue weighted by molar-refractivity contribution is -0.142. The monoisotopic (exact) mass is 325 g/mol. The number of aliphatic carboxylic acids is 1. The van der Waals surface area contributed by atoms with Gasteiger partial charge in [-0.15, -0.1) is 0 Å². The summed E-state index contributed by atoms with van der Waals surface area (Å²) >= 11 is 0. The molecule has 0 fully saturated rings. The van der Waals surface area contributed by atoms with Crippen molar-refractivity contribution >= 4 is 17.8 Å². The average Bonchev–Trinajstić information content (AvgIpc) is 2.98. The number of amides is 2. The zero-order chi connectivity index (χ0) is 17.6. The number of nitrogens with zero attached hydrogens (tertiary/aromatic N) is 1. The van der Waals surface area contributed by atoms with E-state index in [0.29, 0.717) is 5.69 Å². The Morgan fingerprint density at radius 1 is 1.26 bits per heavy atom. The Labute approximate surface area is 134 Å². The number of hydrogen-bond acceptors (Lipinski definition) is 5. The molecule has 0 aliphatic heterocycles. The van der Waals surface area contributed by atoms with Crippen molar-refractivity contribution in [2.24, 2.45) is 11.7 Å². The molecule has 0 aliphatic rings. The van der Waals surface area contributed by atoms with Crippen molar-refractivity contribution in [3.8, 4) is 0 Å². The number of nitrogens with two attached hydrogens (primary N) is 1. The van der Waals surface area contributed by atoms with Crippen molar-refractivity contribution in [2.75, 3.05) is 0 Å². The molecule has 1 aromatic heterocycles. The summed E-state index contributed by atoms with van der Waals surface area (Å²) in [5.41, 5.74) is 6.28. The number of hydrogen-bond donors (Lipinski definition) is 5. The van der Waals surface area contributed by atoms with Crippen LogP contribution in [0.15, 0.2) is 12.5 Å². The molecule has 6 N–H and O–H groups in total. The number of nitrogens with one attached hydrogen (secondary N) is 3. The van der Waals surface area contributed by atoms with E-state index in [1.165, 1.54) is 19.4 Å². The number of carbonyl (C=O) groups is 3. The molecule has 128 valence electrons. The Balaban J connectivity index is 2.60. The minimum atomic E-state index is -1.18. The van der Waals surface area contributed by atoms with Crippen LogP contribution in [-0.2, 0) is 20.8 Å². The third-order valence-corrected chi connectivity index (χ3v) is 3.37. The van der Waals surface area contributed by atoms with Crippen LogP contribution >= 0.6 is 0 Å². The summed E-state index contributed by atoms with van der Waals surface area (Å²) in [4.78, 5) is 41.7. The summed E-state index contributed by atoms with van der Waals surface area (Å²) in [7, 11) is 0. The van der Waals surface area contributed by atoms with E-state index in [1.54, 1.807) is 13.8 Å². The zero-order valence-electron chi connectivity index (χ0n) is 13.4. The molecule has 1 heterocycles. The summed E-state index contributed by atoms with van der Waals surface area (Å²) in [6.07, 6.45) is 2.97. The van der Waals surface area contributed by atoms with E-state index in [1.807, 2.05) is 0 Å². The SMILES string of the molecule is CC(C)[C@H](N)C(=O)N[C@@H](C)C(=O)N[C@@H](Cc1cnc[nH]1)C(=O)O. The van der Waals surface area contributed by atoms with Crippen LogP contribution in [0.4, 0.5) is 0 Å². The van der Waals surface area contributed by atoms with Crippen LogP contribution in [-0.4, -0.2) is 51.0 Å². The van der Waals surface area contributed by atoms with E-state index in [-0.39, 0.29) is 12.3 Å². The van der Waals surface area contributed by atoms with Gasteiger partial charge in [0.15, 0.2) is 0 Å². The Bertz CT molecular complexity index is 543. The molecule has 0 saturated carbocycles. The maximum Gasteiger partial charge on any atom is 0.326 e. The van der Waals surface area contributed by atoms with Gasteiger partial charge in [0.2, 0.25) is 11.8 Å². The van der Waals surface area contributed by atoms with Gasteiger partial charge in [-0.25, -0.2) is 9.78 Å². The fourth-order valence-corrected chi connectivity index (χ4v) is 1.79. The highest BCUT2D eigenvalue weighted by Gasteiger charge is 2.26. The van der Waals surface area contributed by atoms with Crippen LogP contribution in [0.25, 0.3) is 0 Å². The van der Waals surface area contributed by atoms with Crippen LogP contribution < -0.4 is 16.4 Å². The van der Waals surface area contributed by atoms with Crippen molar-refractivity contribution < 1.29 is 19.5 Å². The molecule has 9 heteroatoms. The highest BCUT2D eigenvalue weighted by atomic mass is 16.4. The largest absolute Gasteiger partial charge is 0.480 e. The van der Waals surface area contributed by atoms with Crippen molar-refractivity contribution in [2.45, 2.75) is 45.3 Å². The van der Waals surface area contributed by atoms with E-state index in [9.17, 15) is 19.5 Å². The Morgan fingerprint density at radius 3 is 2.39 bits per heavy atom. The number of carboxylic acid groups (broad SMARTS) is 1. The molecule has 0 aromatic carbocycles. The van der Waals surface area contributed by atoms with Crippen LogP contribution in [0.3, 0.4) is 0 Å². The fraction of sp³-hybridized carbons (Fsp3) is 0.571. The third kappa shape index (κ3) is 5.70. The first-order valence-electron chi connectivity index (χ1n) is 7.28. The first-order valence-corrected chi connectivity index (χ1v) is 7.28. The Morgan fingerprint density at radius 2 is 1.91 bits per heavy atom. The first kappa shape index (κ1) is 18.6. The van der Waals surface area contributed by atoms with Crippen molar-refractivity contribution in [3.05, 3.63) is 18.2 Å². The molecule has 0 saturated heterocycles. The lowest BCUT2D eigenvalue weighted by Crippen LogP contribution is -2.54. The number of aromatic amines is 1. The number of rotatable bonds is 8. The van der Waals surface area contributed by atoms with E-state index >= 15 is 0 Å². The van der Waals surface area contributed by atoms with E-state index < -0.39 is 35.9 Å². The molecule has 23 heavy (non-hydrogen) atoms. The zero-order valence-corrected chi connectivity index (χ0v) is 13.4. The molecule has 3 atom stereocenters. The smallest absolute Gasteiger partial charge is 0.326 e. The minimum Gasteiger partial charge on any atom is -0.480 e. The molecule has 0 bridgehead atoms. The van der Waals surface area contributed by atoms with Crippen LogP contribution in [0, 0.1) is 5.92 Å². The van der Waals surface area contributed by atoms with Crippen LogP contribution in [0.1, 0.15) is 26.5 Å². The summed E-state index contributed by atoms with van der Waals surface area (Å²) < 4.78 is 0. The molecule has 0 unspecified atom stereocenters. The third-order valence-electron chi connectivity index (χ3n) is 3.37. The Hall–Kier alpha value is -2.42. The van der Waals surface area contributed by atoms with Gasteiger partial charge in [-0.05, 0) is 12.8 Å². The fourth-order valence-electron chi connectivity index (χ4n) is 1.79. The highest BCUT2D eigenvalue weighted by molar-refractivity contribution is 5.91. The van der Waals surface area contributed by atoms with E-state index in [4.69, 9.17) is 5.73 Å². The lowest BCUT2D eigenvalue weighted by atomic mass is 10.0. The second-order valence-corrected chi connectivity index (χ2v) is 5.68. The lowest BCUT2D eigenvalue weighted by Gasteiger charge is -2.21. The molecule has 2 amide bonds. The molecular formula is C14H23N5O4. The molecule has 1 aromatic rings. The molecule has 0 aliphatic carbocycles. The number of aromatic nitrogens is 2. The van der Waals surface area contributed by atoms with Gasteiger partial charge in [0, 0.05) is 18.3 Å². The quantitative estimate of drug-likeness (QED) is 0.414. The summed E-state index contributed by atoms with van der Waals surface area (Å²) in [5, 5.41) is 14.1. The predicted octanol–water partition coefficient (Wildman–Crippen LogP) is -0.990. The van der Waals surface area contributed by atoms with Crippen LogP contribution in [0.2, 0.25) is 0 Å². The Kier molecular flexibility index (Phi) is 6.70. The molecular weight excluding hydrogens is 302 g/mol. The maximum atomic E-state index is 12.1. The van der Waals surface area contributed by atoms with Gasteiger partial charge >= 0.3 is 5.97 Å². The number of carbonyl (C=O) groups excluding carboxylic acids is 2. The first-order chi connectivity index (χ1) is 10.7. The van der Waals surface area contributed by atoms with Gasteiger partial charge < -0.3 is 26.5 Å². The standard InChI is InChI=1S/C14H23N5O4/c1-7(2)11(15)13(21)18-8(3)12(20)19-10(14(22)23)4-9-5-16-6-17-9/h5-8,10-11H,4,15H2,1-3H3,(H,16,17)(H,18,21)(H,19,20)(H,22,23)/t8-,10-,11-/m0/s1. The van der Waals surface area contributed by atoms with Crippen molar-refractivity contribution in [1.29, 1.82) is 0 Å². The minimum absolute atomic E-state index is 0.0627. The molecule has 0 radical (unpaired) electrons. The number of H-pyrrole nitrogens is 1. The van der Waals surface area contributed by atoms with Gasteiger partial charge in [-0.1, -0.05) is 13.8 Å². The number of imidazole rings is 1. The van der Waals surface area contributed by atoms with E-state index in [2.05, 4.69) is 20.6 Å². The molecule has 1 rings (SSSR count). The second kappa shape index (κ2) is 8.28. The maximum absolute atomic E-state index is 12.1. The van der Waals surface area contributed by atoms with Gasteiger partial charge in [0.25, 0.3) is 0 Å². The normalized spacial score (nSPS) is 14.8.